The molecule has 61 heavy (non-hydrogen) atoms. The standard InChI is InChI=1S/C44H54N8O9/c1-25(2)37(49-41(55)57-5)40(54)52-14-16-60-22-34(52)39-46-20-32(48-39)28-7-9-29-36(18-28)61-35-10-8-27(17-30(35)43(29)11-12-43)31-19-45-38(47-31)33-21-59-15-13-51(33)23-44(24-53,26(3)4)50-42(56)58-6/h7-10,17-20,24-26,33-34,37H,11-16,21-23H2,1-6H3,(H,45,47)(H,46,48)(H,49,55)(H,50,56). The Kier molecular flexibility index (Phi) is 11.6. The van der Waals surface area contributed by atoms with Gasteiger partial charge in [0.15, 0.2) is 0 Å². The summed E-state index contributed by atoms with van der Waals surface area (Å²) in [5, 5.41) is 5.47. The van der Waals surface area contributed by atoms with E-state index in [1.807, 2.05) is 52.1 Å². The minimum atomic E-state index is -1.16. The fourth-order valence-electron chi connectivity index (χ4n) is 8.76. The van der Waals surface area contributed by atoms with E-state index in [0.717, 1.165) is 64.3 Å². The smallest absolute Gasteiger partial charge is 0.407 e. The van der Waals surface area contributed by atoms with Crippen molar-refractivity contribution in [3.05, 3.63) is 71.6 Å². The normalized spacial score (nSPS) is 20.8. The number of fused-ring (bicyclic) bond motifs is 4. The van der Waals surface area contributed by atoms with Crippen LogP contribution >= 0.6 is 0 Å². The van der Waals surface area contributed by atoms with E-state index in [4.69, 9.17) is 33.7 Å². The zero-order valence-electron chi connectivity index (χ0n) is 35.4. The number of hydrogen-bond donors (Lipinski definition) is 4. The summed E-state index contributed by atoms with van der Waals surface area (Å²) in [5.41, 5.74) is 4.39. The molecule has 4 unspecified atom stereocenters. The first-order valence-corrected chi connectivity index (χ1v) is 20.8. The second-order valence-electron chi connectivity index (χ2n) is 16.9. The number of morpholine rings is 2. The van der Waals surface area contributed by atoms with Gasteiger partial charge in [0.1, 0.15) is 47.1 Å². The molecule has 324 valence electrons. The van der Waals surface area contributed by atoms with Crippen molar-refractivity contribution in [3.63, 3.8) is 0 Å². The molecule has 4 aliphatic rings. The van der Waals surface area contributed by atoms with Crippen LogP contribution in [0.3, 0.4) is 0 Å². The summed E-state index contributed by atoms with van der Waals surface area (Å²) in [6.45, 7) is 10.2. The third-order valence-electron chi connectivity index (χ3n) is 12.7. The first-order valence-electron chi connectivity index (χ1n) is 20.8. The molecule has 1 aliphatic carbocycles. The molecular weight excluding hydrogens is 785 g/mol. The number of H-pyrrole nitrogens is 2. The highest BCUT2D eigenvalue weighted by atomic mass is 16.5. The molecule has 4 atom stereocenters. The molecule has 3 aliphatic heterocycles. The molecule has 3 fully saturated rings. The summed E-state index contributed by atoms with van der Waals surface area (Å²) in [6, 6.07) is 11.0. The first-order chi connectivity index (χ1) is 29.4. The van der Waals surface area contributed by atoms with Gasteiger partial charge >= 0.3 is 12.2 Å². The zero-order valence-corrected chi connectivity index (χ0v) is 35.4. The maximum atomic E-state index is 13.8. The molecule has 2 aromatic heterocycles. The summed E-state index contributed by atoms with van der Waals surface area (Å²) in [5.74, 6) is 2.29. The minimum absolute atomic E-state index is 0.164. The number of hydrogen-bond acceptors (Lipinski definition) is 12. The lowest BCUT2D eigenvalue weighted by Gasteiger charge is -2.42. The Morgan fingerprint density at radius 3 is 2.15 bits per heavy atom. The van der Waals surface area contributed by atoms with Crippen molar-refractivity contribution < 1.29 is 42.9 Å². The van der Waals surface area contributed by atoms with Gasteiger partial charge in [0.05, 0.1) is 70.5 Å². The molecule has 1 spiro atoms. The van der Waals surface area contributed by atoms with E-state index in [2.05, 4.69) is 43.7 Å². The summed E-state index contributed by atoms with van der Waals surface area (Å²) < 4.78 is 27.9. The lowest BCUT2D eigenvalue weighted by molar-refractivity contribution is -0.143. The van der Waals surface area contributed by atoms with E-state index in [-0.39, 0.29) is 42.4 Å². The van der Waals surface area contributed by atoms with Crippen LogP contribution in [0.1, 0.15) is 75.4 Å². The van der Waals surface area contributed by atoms with E-state index in [9.17, 15) is 19.2 Å². The zero-order chi connectivity index (χ0) is 43.1. The molecule has 1 saturated carbocycles. The van der Waals surface area contributed by atoms with Crippen LogP contribution in [0.4, 0.5) is 9.59 Å². The van der Waals surface area contributed by atoms with Crippen LogP contribution in [0.5, 0.6) is 11.5 Å². The van der Waals surface area contributed by atoms with Crippen LogP contribution in [-0.2, 0) is 34.0 Å². The fourth-order valence-corrected chi connectivity index (χ4v) is 8.76. The molecule has 8 rings (SSSR count). The van der Waals surface area contributed by atoms with Crippen molar-refractivity contribution in [2.24, 2.45) is 11.8 Å². The molecule has 2 saturated heterocycles. The molecule has 0 radical (unpaired) electrons. The van der Waals surface area contributed by atoms with Crippen molar-refractivity contribution in [2.75, 3.05) is 60.3 Å². The lowest BCUT2D eigenvalue weighted by Crippen LogP contribution is -2.61. The van der Waals surface area contributed by atoms with Gasteiger partial charge < -0.3 is 54.0 Å². The van der Waals surface area contributed by atoms with Crippen molar-refractivity contribution in [3.8, 4) is 34.0 Å². The summed E-state index contributed by atoms with van der Waals surface area (Å²) in [6.07, 6.45) is 5.03. The third-order valence-corrected chi connectivity index (χ3v) is 12.7. The average Bonchev–Trinajstić information content (AvgIpc) is 3.63. The Morgan fingerprint density at radius 2 is 1.51 bits per heavy atom. The van der Waals surface area contributed by atoms with E-state index in [1.165, 1.54) is 14.2 Å². The predicted molar refractivity (Wildman–Crippen MR) is 222 cm³/mol. The number of ether oxygens (including phenoxy) is 5. The van der Waals surface area contributed by atoms with Crippen LogP contribution in [0.25, 0.3) is 22.5 Å². The maximum absolute atomic E-state index is 13.8. The van der Waals surface area contributed by atoms with Crippen LogP contribution in [0.2, 0.25) is 0 Å². The summed E-state index contributed by atoms with van der Waals surface area (Å²) in [4.78, 5) is 70.9. The van der Waals surface area contributed by atoms with E-state index >= 15 is 0 Å². The topological polar surface area (TPSA) is 202 Å². The second kappa shape index (κ2) is 16.9. The van der Waals surface area contributed by atoms with E-state index < -0.39 is 29.8 Å². The van der Waals surface area contributed by atoms with Crippen molar-refractivity contribution in [1.82, 2.24) is 40.4 Å². The van der Waals surface area contributed by atoms with Gasteiger partial charge in [-0.3, -0.25) is 9.69 Å². The Labute approximate surface area is 354 Å². The Morgan fingerprint density at radius 1 is 0.869 bits per heavy atom. The molecule has 17 nitrogen and oxygen atoms in total. The Bertz CT molecular complexity index is 2280. The van der Waals surface area contributed by atoms with Gasteiger partial charge in [-0.25, -0.2) is 19.6 Å². The number of nitrogens with zero attached hydrogens (tertiary/aromatic N) is 4. The number of methoxy groups -OCH3 is 2. The van der Waals surface area contributed by atoms with Gasteiger partial charge in [0, 0.05) is 47.3 Å². The van der Waals surface area contributed by atoms with Crippen molar-refractivity contribution >= 4 is 24.4 Å². The minimum Gasteiger partial charge on any atom is -0.457 e. The van der Waals surface area contributed by atoms with Crippen LogP contribution < -0.4 is 15.4 Å². The number of aromatic amines is 2. The van der Waals surface area contributed by atoms with Gasteiger partial charge in [-0.15, -0.1) is 0 Å². The molecule has 5 heterocycles. The number of aldehydes is 1. The first kappa shape index (κ1) is 41.9. The number of carbonyl (C=O) groups is 4. The number of amides is 3. The average molecular weight is 839 g/mol. The second-order valence-corrected chi connectivity index (χ2v) is 16.9. The largest absolute Gasteiger partial charge is 0.457 e. The van der Waals surface area contributed by atoms with Crippen LogP contribution in [-0.4, -0.2) is 126 Å². The Balaban J connectivity index is 1.00. The number of rotatable bonds is 12. The monoisotopic (exact) mass is 838 g/mol. The fraction of sp³-hybridized carbons (Fsp3) is 0.500. The molecule has 4 aromatic rings. The molecule has 2 aromatic carbocycles. The van der Waals surface area contributed by atoms with E-state index in [0.29, 0.717) is 44.6 Å². The van der Waals surface area contributed by atoms with Gasteiger partial charge in [-0.2, -0.15) is 0 Å². The number of carbonyl (C=O) groups excluding carboxylic acids is 4. The summed E-state index contributed by atoms with van der Waals surface area (Å²) >= 11 is 0. The lowest BCUT2D eigenvalue weighted by atomic mass is 9.83. The summed E-state index contributed by atoms with van der Waals surface area (Å²) in [7, 11) is 2.56. The van der Waals surface area contributed by atoms with E-state index in [1.54, 1.807) is 11.1 Å². The highest BCUT2D eigenvalue weighted by Crippen LogP contribution is 2.62. The molecule has 0 bridgehead atoms. The van der Waals surface area contributed by atoms with Gasteiger partial charge in [0.25, 0.3) is 0 Å². The number of nitrogens with one attached hydrogen (secondary N) is 4. The van der Waals surface area contributed by atoms with Crippen molar-refractivity contribution in [1.29, 1.82) is 0 Å². The van der Waals surface area contributed by atoms with Crippen molar-refractivity contribution in [2.45, 2.75) is 69.6 Å². The highest BCUT2D eigenvalue weighted by Gasteiger charge is 2.52. The third kappa shape index (κ3) is 7.97. The van der Waals surface area contributed by atoms with Gasteiger partial charge in [-0.05, 0) is 48.9 Å². The van der Waals surface area contributed by atoms with Gasteiger partial charge in [0.2, 0.25) is 5.91 Å². The molecular formula is C44H54N8O9. The molecule has 17 heteroatoms. The number of benzene rings is 2. The predicted octanol–water partition coefficient (Wildman–Crippen LogP) is 5.26. The van der Waals surface area contributed by atoms with Gasteiger partial charge in [-0.1, -0.05) is 39.8 Å². The van der Waals surface area contributed by atoms with Crippen LogP contribution in [0, 0.1) is 11.8 Å². The van der Waals surface area contributed by atoms with Crippen LogP contribution in [0.15, 0.2) is 48.8 Å². The number of imidazole rings is 2. The highest BCUT2D eigenvalue weighted by molar-refractivity contribution is 5.86. The SMILES string of the molecule is COC(=O)NC(C(=O)N1CCOCC1c1ncc(-c2ccc3c(c2)Oc2ccc(-c4cnc(C5COCCN5CC(C=O)(NC(=O)OC)C(C)C)[nH]4)cc2C32CC2)[nH]1)C(C)C. The maximum Gasteiger partial charge on any atom is 0.407 e. The Hall–Kier alpha value is -5.78. The molecule has 3 amide bonds. The molecule has 4 N–H and O–H groups in total. The number of aromatic nitrogens is 4. The number of alkyl carbamates (subject to hydrolysis) is 2. The quantitative estimate of drug-likeness (QED) is 0.135.